The van der Waals surface area contributed by atoms with Crippen molar-refractivity contribution in [2.45, 2.75) is 31.8 Å². The second-order valence-electron chi connectivity index (χ2n) is 7.30. The fourth-order valence-electron chi connectivity index (χ4n) is 3.80. The second-order valence-corrected chi connectivity index (χ2v) is 7.30. The van der Waals surface area contributed by atoms with Crippen LogP contribution in [0.15, 0.2) is 29.1 Å². The molecule has 1 aromatic carbocycles. The quantitative estimate of drug-likeness (QED) is 0.593. The molecule has 1 aliphatic heterocycles. The van der Waals surface area contributed by atoms with Crippen LogP contribution in [0.25, 0.3) is 11.2 Å². The third kappa shape index (κ3) is 3.86. The van der Waals surface area contributed by atoms with Crippen LogP contribution in [0.3, 0.4) is 0 Å². The number of amides is 1. The van der Waals surface area contributed by atoms with E-state index in [1.54, 1.807) is 12.1 Å². The molecule has 2 aromatic heterocycles. The lowest BCUT2D eigenvalue weighted by atomic mass is 10.0. The van der Waals surface area contributed by atoms with Crippen molar-refractivity contribution in [3.05, 3.63) is 51.8 Å². The van der Waals surface area contributed by atoms with Gasteiger partial charge in [0.1, 0.15) is 11.9 Å². The van der Waals surface area contributed by atoms with Crippen molar-refractivity contribution in [3.63, 3.8) is 0 Å². The van der Waals surface area contributed by atoms with Gasteiger partial charge >= 0.3 is 5.97 Å². The molecule has 3 N–H and O–H groups in total. The number of aromatic amines is 1. The second kappa shape index (κ2) is 8.17. The highest BCUT2D eigenvalue weighted by atomic mass is 19.1. The number of carbonyl (C=O) groups is 2. The Labute approximate surface area is 175 Å². The highest BCUT2D eigenvalue weighted by Gasteiger charge is 2.36. The van der Waals surface area contributed by atoms with Gasteiger partial charge in [0.2, 0.25) is 11.8 Å². The van der Waals surface area contributed by atoms with E-state index in [-0.39, 0.29) is 29.5 Å². The number of halogens is 1. The molecule has 3 heterocycles. The van der Waals surface area contributed by atoms with Crippen molar-refractivity contribution in [2.75, 3.05) is 19.4 Å². The topological polar surface area (TPSA) is 136 Å². The smallest absolute Gasteiger partial charge is 0.328 e. The first-order chi connectivity index (χ1) is 14.9. The maximum atomic E-state index is 13.5. The summed E-state index contributed by atoms with van der Waals surface area (Å²) in [7, 11) is 1.27. The van der Waals surface area contributed by atoms with Gasteiger partial charge in [0, 0.05) is 6.54 Å². The first-order valence-electron chi connectivity index (χ1n) is 9.78. The summed E-state index contributed by atoms with van der Waals surface area (Å²) in [5.41, 5.74) is 5.86. The number of fused-ring (bicyclic) bond motifs is 1. The number of hydrogen-bond donors (Lipinski definition) is 2. The molecule has 3 aromatic rings. The number of esters is 1. The number of nitrogen functional groups attached to an aromatic ring is 1. The molecular weight excluding hydrogens is 407 g/mol. The summed E-state index contributed by atoms with van der Waals surface area (Å²) < 4.78 is 19.6. The van der Waals surface area contributed by atoms with Crippen LogP contribution in [0.1, 0.15) is 35.4 Å². The Morgan fingerprint density at radius 2 is 2.00 bits per heavy atom. The van der Waals surface area contributed by atoms with Gasteiger partial charge in [-0.05, 0) is 37.0 Å². The number of carbonyl (C=O) groups excluding carboxylic acids is 2. The van der Waals surface area contributed by atoms with Crippen molar-refractivity contribution < 1.29 is 18.7 Å². The first-order valence-corrected chi connectivity index (χ1v) is 9.78. The van der Waals surface area contributed by atoms with Crippen LogP contribution < -0.4 is 11.3 Å². The van der Waals surface area contributed by atoms with Gasteiger partial charge in [0.05, 0.1) is 13.7 Å². The number of ether oxygens (including phenoxy) is 1. The third-order valence-corrected chi connectivity index (χ3v) is 5.31. The van der Waals surface area contributed by atoms with E-state index in [0.29, 0.717) is 18.5 Å². The molecule has 11 heteroatoms. The summed E-state index contributed by atoms with van der Waals surface area (Å²) in [5.74, 6) is -1.60. The molecule has 0 radical (unpaired) electrons. The van der Waals surface area contributed by atoms with Crippen LogP contribution in [0, 0.1) is 5.82 Å². The number of methoxy groups -OCH3 is 1. The van der Waals surface area contributed by atoms with Crippen molar-refractivity contribution >= 4 is 29.0 Å². The SMILES string of the molecule is COC(=O)C1CCCCN1C(=O)c1nc2c(=O)[nH]c(N)nc2n1Cc1ccc(F)cc1. The largest absolute Gasteiger partial charge is 0.467 e. The number of hydrogen-bond acceptors (Lipinski definition) is 7. The molecular formula is C20H21FN6O4. The molecule has 0 bridgehead atoms. The van der Waals surface area contributed by atoms with E-state index < -0.39 is 29.3 Å². The van der Waals surface area contributed by atoms with Gasteiger partial charge < -0.3 is 15.4 Å². The number of anilines is 1. The molecule has 0 saturated carbocycles. The van der Waals surface area contributed by atoms with Crippen LogP contribution in [-0.2, 0) is 16.1 Å². The van der Waals surface area contributed by atoms with Gasteiger partial charge in [-0.15, -0.1) is 0 Å². The van der Waals surface area contributed by atoms with Crippen molar-refractivity contribution in [1.29, 1.82) is 0 Å². The molecule has 31 heavy (non-hydrogen) atoms. The average Bonchev–Trinajstić information content (AvgIpc) is 3.12. The molecule has 0 spiro atoms. The highest BCUT2D eigenvalue weighted by Crippen LogP contribution is 2.23. The number of nitrogens with two attached hydrogens (primary N) is 1. The number of rotatable bonds is 4. The van der Waals surface area contributed by atoms with Gasteiger partial charge in [-0.2, -0.15) is 4.98 Å². The summed E-state index contributed by atoms with van der Waals surface area (Å²) in [6.45, 7) is 0.453. The number of nitrogens with one attached hydrogen (secondary N) is 1. The predicted molar refractivity (Wildman–Crippen MR) is 109 cm³/mol. The number of benzene rings is 1. The third-order valence-electron chi connectivity index (χ3n) is 5.31. The summed E-state index contributed by atoms with van der Waals surface area (Å²) in [6, 6.07) is 4.97. The zero-order valence-corrected chi connectivity index (χ0v) is 16.8. The van der Waals surface area contributed by atoms with Crippen molar-refractivity contribution in [3.8, 4) is 0 Å². The molecule has 1 saturated heterocycles. The lowest BCUT2D eigenvalue weighted by Crippen LogP contribution is -2.49. The van der Waals surface area contributed by atoms with E-state index in [2.05, 4.69) is 15.0 Å². The molecule has 1 aliphatic rings. The lowest BCUT2D eigenvalue weighted by molar-refractivity contribution is -0.147. The molecule has 162 valence electrons. The van der Waals surface area contributed by atoms with Gasteiger partial charge in [0.15, 0.2) is 11.2 Å². The Morgan fingerprint density at radius 3 is 2.71 bits per heavy atom. The number of likely N-dealkylation sites (tertiary alicyclic amines) is 1. The van der Waals surface area contributed by atoms with Crippen LogP contribution in [0.5, 0.6) is 0 Å². The molecule has 1 unspecified atom stereocenters. The van der Waals surface area contributed by atoms with Gasteiger partial charge in [-0.25, -0.2) is 14.2 Å². The zero-order chi connectivity index (χ0) is 22.1. The Kier molecular flexibility index (Phi) is 5.40. The maximum absolute atomic E-state index is 13.5. The van der Waals surface area contributed by atoms with Gasteiger partial charge in [-0.3, -0.25) is 19.1 Å². The number of aromatic nitrogens is 4. The minimum atomic E-state index is -0.735. The van der Waals surface area contributed by atoms with Crippen LogP contribution >= 0.6 is 0 Å². The molecule has 1 amide bonds. The minimum absolute atomic E-state index is 0.0497. The molecule has 10 nitrogen and oxygen atoms in total. The van der Waals surface area contributed by atoms with Gasteiger partial charge in [0.25, 0.3) is 11.5 Å². The molecule has 1 atom stereocenters. The number of piperidine rings is 1. The van der Waals surface area contributed by atoms with E-state index in [4.69, 9.17) is 10.5 Å². The minimum Gasteiger partial charge on any atom is -0.467 e. The molecule has 1 fully saturated rings. The Hall–Kier alpha value is -3.76. The van der Waals surface area contributed by atoms with Crippen LogP contribution in [-0.4, -0.2) is 56.0 Å². The molecule has 0 aliphatic carbocycles. The fraction of sp³-hybridized carbons (Fsp3) is 0.350. The first kappa shape index (κ1) is 20.5. The lowest BCUT2D eigenvalue weighted by Gasteiger charge is -2.33. The molecule has 4 rings (SSSR count). The number of imidazole rings is 1. The predicted octanol–water partition coefficient (Wildman–Crippen LogP) is 1.06. The van der Waals surface area contributed by atoms with Crippen LogP contribution in [0.4, 0.5) is 10.3 Å². The average molecular weight is 428 g/mol. The van der Waals surface area contributed by atoms with E-state index in [1.165, 1.54) is 28.7 Å². The Balaban J connectivity index is 1.83. The Morgan fingerprint density at radius 1 is 1.26 bits per heavy atom. The van der Waals surface area contributed by atoms with E-state index >= 15 is 0 Å². The monoisotopic (exact) mass is 428 g/mol. The summed E-state index contributed by atoms with van der Waals surface area (Å²) >= 11 is 0. The zero-order valence-electron chi connectivity index (χ0n) is 16.8. The summed E-state index contributed by atoms with van der Waals surface area (Å²) in [5, 5.41) is 0. The highest BCUT2D eigenvalue weighted by molar-refractivity contribution is 5.96. The van der Waals surface area contributed by atoms with Crippen molar-refractivity contribution in [1.82, 2.24) is 24.4 Å². The normalized spacial score (nSPS) is 16.5. The van der Waals surface area contributed by atoms with Crippen molar-refractivity contribution in [2.24, 2.45) is 0 Å². The summed E-state index contributed by atoms with van der Waals surface area (Å²) in [6.07, 6.45) is 1.99. The van der Waals surface area contributed by atoms with Gasteiger partial charge in [-0.1, -0.05) is 12.1 Å². The number of H-pyrrole nitrogens is 1. The standard InChI is InChI=1S/C20H21FN6O4/c1-31-19(30)13-4-2-3-9-26(13)18(29)16-23-14-15(24-20(22)25-17(14)28)27(16)10-11-5-7-12(21)8-6-11/h5-8,13H,2-4,9-10H2,1H3,(H3,22,24,25,28). The van der Waals surface area contributed by atoms with Crippen LogP contribution in [0.2, 0.25) is 0 Å². The maximum Gasteiger partial charge on any atom is 0.328 e. The fourth-order valence-corrected chi connectivity index (χ4v) is 3.80. The number of nitrogens with zero attached hydrogens (tertiary/aromatic N) is 4. The Bertz CT molecular complexity index is 1200. The summed E-state index contributed by atoms with van der Waals surface area (Å²) in [4.78, 5) is 50.3. The van der Waals surface area contributed by atoms with E-state index in [1.807, 2.05) is 0 Å². The van der Waals surface area contributed by atoms with E-state index in [0.717, 1.165) is 12.8 Å². The van der Waals surface area contributed by atoms with E-state index in [9.17, 15) is 18.8 Å².